The second-order valence-electron chi connectivity index (χ2n) is 7.07. The summed E-state index contributed by atoms with van der Waals surface area (Å²) in [5.74, 6) is 1.95. The van der Waals surface area contributed by atoms with E-state index in [9.17, 15) is 4.79 Å². The molecule has 3 aromatic rings. The molecule has 0 saturated heterocycles. The number of hydrogen-bond donors (Lipinski definition) is 4. The number of anilines is 1. The summed E-state index contributed by atoms with van der Waals surface area (Å²) in [4.78, 5) is 17.1. The van der Waals surface area contributed by atoms with Crippen LogP contribution in [0.2, 0.25) is 0 Å². The van der Waals surface area contributed by atoms with Gasteiger partial charge in [0.05, 0.1) is 52.2 Å². The van der Waals surface area contributed by atoms with Crippen molar-refractivity contribution in [3.8, 4) is 23.0 Å². The molecule has 3 rings (SSSR count). The summed E-state index contributed by atoms with van der Waals surface area (Å²) in [7, 11) is 6.36. The Bertz CT molecular complexity index is 1070. The molecule has 1 heterocycles. The topological polar surface area (TPSA) is 161 Å². The minimum Gasteiger partial charge on any atom is -0.495 e. The van der Waals surface area contributed by atoms with Gasteiger partial charge in [-0.15, -0.1) is 0 Å². The average Bonchev–Trinajstić information content (AvgIpc) is 3.35. The predicted molar refractivity (Wildman–Crippen MR) is 132 cm³/mol. The number of imidazole rings is 1. The molecule has 0 radical (unpaired) electrons. The molecule has 0 spiro atoms. The van der Waals surface area contributed by atoms with E-state index in [0.717, 1.165) is 16.8 Å². The number of nitrogens with two attached hydrogens (primary N) is 3. The Morgan fingerprint density at radius 1 is 0.971 bits per heavy atom. The van der Waals surface area contributed by atoms with E-state index in [1.54, 1.807) is 34.6 Å². The Labute approximate surface area is 198 Å². The first kappa shape index (κ1) is 26.1. The third-order valence-electron chi connectivity index (χ3n) is 4.76. The van der Waals surface area contributed by atoms with E-state index in [0.29, 0.717) is 35.1 Å². The highest BCUT2D eigenvalue weighted by atomic mass is 16.5. The fourth-order valence-corrected chi connectivity index (χ4v) is 2.97. The van der Waals surface area contributed by atoms with Crippen molar-refractivity contribution in [1.29, 1.82) is 0 Å². The van der Waals surface area contributed by atoms with E-state index in [1.807, 2.05) is 42.5 Å². The van der Waals surface area contributed by atoms with Gasteiger partial charge in [0.15, 0.2) is 11.5 Å². The number of nitrogens with one attached hydrogen (secondary N) is 1. The summed E-state index contributed by atoms with van der Waals surface area (Å²) in [6, 6.07) is 8.75. The van der Waals surface area contributed by atoms with Crippen LogP contribution in [0.25, 0.3) is 12.2 Å². The molecule has 0 aliphatic carbocycles. The molecule has 1 amide bonds. The first-order valence-electron chi connectivity index (χ1n) is 10.3. The second-order valence-corrected chi connectivity index (χ2v) is 7.07. The lowest BCUT2D eigenvalue weighted by molar-refractivity contribution is -0.119. The van der Waals surface area contributed by atoms with Crippen molar-refractivity contribution in [3.05, 3.63) is 59.7 Å². The number of hydrogen-bond acceptors (Lipinski definition) is 8. The third kappa shape index (κ3) is 7.17. The van der Waals surface area contributed by atoms with Crippen molar-refractivity contribution in [2.24, 2.45) is 11.5 Å². The van der Waals surface area contributed by atoms with Gasteiger partial charge in [0.25, 0.3) is 0 Å². The smallest absolute Gasteiger partial charge is 0.234 e. The van der Waals surface area contributed by atoms with Crippen LogP contribution in [0.15, 0.2) is 42.9 Å². The van der Waals surface area contributed by atoms with Gasteiger partial charge in [0.2, 0.25) is 11.7 Å². The number of nitrogen functional groups attached to an aromatic ring is 1. The molecule has 1 aromatic heterocycles. The minimum atomic E-state index is -0.640. The van der Waals surface area contributed by atoms with Gasteiger partial charge in [-0.1, -0.05) is 18.2 Å². The number of ether oxygens (including phenoxy) is 4. The first-order valence-corrected chi connectivity index (χ1v) is 10.3. The molecule has 2 aromatic carbocycles. The van der Waals surface area contributed by atoms with E-state index >= 15 is 0 Å². The molecule has 0 saturated carbocycles. The molecule has 0 aliphatic heterocycles. The molecule has 10 heteroatoms. The van der Waals surface area contributed by atoms with Gasteiger partial charge < -0.3 is 41.1 Å². The molecule has 0 fully saturated rings. The standard InChI is InChI=1S/C18H21NO4.C6H10N4O/c1-20-15-8-7-12(9-14(15)19)5-6-13-10-16(21-2)18(23-4)17(11-13)22-3;7-5(6(8)11)1-4-2-9-3-10-4/h5-11H,19H2,1-4H3;2-3,5H,1,7H2,(H2,8,11)(H,9,10)/b6-5-;/t;5-/m.1/s1. The lowest BCUT2D eigenvalue weighted by Gasteiger charge is -2.12. The van der Waals surface area contributed by atoms with Crippen LogP contribution in [0.5, 0.6) is 23.0 Å². The van der Waals surface area contributed by atoms with Crippen molar-refractivity contribution in [2.45, 2.75) is 12.5 Å². The highest BCUT2D eigenvalue weighted by Gasteiger charge is 2.12. The number of amides is 1. The average molecular weight is 470 g/mol. The first-order chi connectivity index (χ1) is 16.3. The summed E-state index contributed by atoms with van der Waals surface area (Å²) in [6.45, 7) is 0. The molecule has 0 unspecified atom stereocenters. The molecule has 182 valence electrons. The number of methoxy groups -OCH3 is 4. The Hall–Kier alpha value is -4.18. The van der Waals surface area contributed by atoms with Crippen molar-refractivity contribution in [1.82, 2.24) is 9.97 Å². The quantitative estimate of drug-likeness (QED) is 0.274. The summed E-state index contributed by atoms with van der Waals surface area (Å²) in [6.07, 6.45) is 7.51. The molecule has 7 N–H and O–H groups in total. The number of carbonyl (C=O) groups is 1. The Morgan fingerprint density at radius 3 is 2.06 bits per heavy atom. The van der Waals surface area contributed by atoms with Gasteiger partial charge in [-0.2, -0.15) is 0 Å². The van der Waals surface area contributed by atoms with E-state index in [1.165, 1.54) is 6.33 Å². The number of nitrogens with zero attached hydrogens (tertiary/aromatic N) is 1. The summed E-state index contributed by atoms with van der Waals surface area (Å²) in [5.41, 5.74) is 19.5. The van der Waals surface area contributed by atoms with E-state index in [-0.39, 0.29) is 0 Å². The number of aromatic amines is 1. The Balaban J connectivity index is 0.000000310. The van der Waals surface area contributed by atoms with Crippen LogP contribution >= 0.6 is 0 Å². The summed E-state index contributed by atoms with van der Waals surface area (Å²) < 4.78 is 21.2. The van der Waals surface area contributed by atoms with E-state index in [2.05, 4.69) is 9.97 Å². The summed E-state index contributed by atoms with van der Waals surface area (Å²) in [5, 5.41) is 0. The largest absolute Gasteiger partial charge is 0.495 e. The number of primary amides is 1. The highest BCUT2D eigenvalue weighted by molar-refractivity contribution is 5.79. The number of H-pyrrole nitrogens is 1. The molecular weight excluding hydrogens is 438 g/mol. The van der Waals surface area contributed by atoms with E-state index in [4.69, 9.17) is 36.1 Å². The minimum absolute atomic E-state index is 0.388. The maximum absolute atomic E-state index is 10.5. The third-order valence-corrected chi connectivity index (χ3v) is 4.76. The zero-order valence-electron chi connectivity index (χ0n) is 19.7. The number of aromatic nitrogens is 2. The van der Waals surface area contributed by atoms with Gasteiger partial charge in [0, 0.05) is 12.6 Å². The zero-order valence-corrected chi connectivity index (χ0v) is 19.7. The van der Waals surface area contributed by atoms with Crippen LogP contribution < -0.4 is 36.1 Å². The van der Waals surface area contributed by atoms with Crippen molar-refractivity contribution in [3.63, 3.8) is 0 Å². The second kappa shape index (κ2) is 12.8. The molecule has 34 heavy (non-hydrogen) atoms. The van der Waals surface area contributed by atoms with Crippen molar-refractivity contribution < 1.29 is 23.7 Å². The fourth-order valence-electron chi connectivity index (χ4n) is 2.97. The van der Waals surface area contributed by atoms with Crippen LogP contribution in [0.1, 0.15) is 16.8 Å². The van der Waals surface area contributed by atoms with Crippen molar-refractivity contribution in [2.75, 3.05) is 34.2 Å². The van der Waals surface area contributed by atoms with Crippen LogP contribution in [-0.4, -0.2) is 50.4 Å². The van der Waals surface area contributed by atoms with E-state index < -0.39 is 11.9 Å². The van der Waals surface area contributed by atoms with Gasteiger partial charge >= 0.3 is 0 Å². The number of benzene rings is 2. The van der Waals surface area contributed by atoms with Gasteiger partial charge in [-0.25, -0.2) is 4.98 Å². The number of rotatable bonds is 9. The Kier molecular flexibility index (Phi) is 9.78. The molecule has 0 bridgehead atoms. The Morgan fingerprint density at radius 2 is 1.59 bits per heavy atom. The maximum atomic E-state index is 10.5. The van der Waals surface area contributed by atoms with Gasteiger partial charge in [0.1, 0.15) is 5.75 Å². The lowest BCUT2D eigenvalue weighted by Crippen LogP contribution is -2.38. The fraction of sp³-hybridized carbons (Fsp3) is 0.250. The highest BCUT2D eigenvalue weighted by Crippen LogP contribution is 2.38. The molecular formula is C24H31N5O5. The molecule has 10 nitrogen and oxygen atoms in total. The monoisotopic (exact) mass is 469 g/mol. The lowest BCUT2D eigenvalue weighted by atomic mass is 10.1. The van der Waals surface area contributed by atoms with Crippen LogP contribution in [0.3, 0.4) is 0 Å². The van der Waals surface area contributed by atoms with Gasteiger partial charge in [-0.05, 0) is 35.4 Å². The predicted octanol–water partition coefficient (Wildman–Crippen LogP) is 2.24. The normalized spacial score (nSPS) is 11.3. The van der Waals surface area contributed by atoms with Crippen LogP contribution in [0.4, 0.5) is 5.69 Å². The number of carbonyl (C=O) groups excluding carboxylic acids is 1. The summed E-state index contributed by atoms with van der Waals surface area (Å²) >= 11 is 0. The maximum Gasteiger partial charge on any atom is 0.234 e. The SMILES string of the molecule is COc1ccc(/C=C\c2cc(OC)c(OC)c(OC)c2)cc1N.NC(=O)[C@H](N)Cc1c[nH]cn1. The molecule has 1 atom stereocenters. The zero-order chi connectivity index (χ0) is 25.1. The van der Waals surface area contributed by atoms with Crippen LogP contribution in [-0.2, 0) is 11.2 Å². The van der Waals surface area contributed by atoms with Crippen LogP contribution in [0, 0.1) is 0 Å². The molecule has 0 aliphatic rings. The van der Waals surface area contributed by atoms with Crippen molar-refractivity contribution >= 4 is 23.7 Å². The van der Waals surface area contributed by atoms with Gasteiger partial charge in [-0.3, -0.25) is 4.79 Å².